The van der Waals surface area contributed by atoms with Gasteiger partial charge in [-0.2, -0.15) is 0 Å². The summed E-state index contributed by atoms with van der Waals surface area (Å²) < 4.78 is 0. The molecule has 28 heavy (non-hydrogen) atoms. The van der Waals surface area contributed by atoms with Crippen molar-refractivity contribution < 1.29 is 4.79 Å². The van der Waals surface area contributed by atoms with Crippen LogP contribution in [-0.4, -0.2) is 42.9 Å². The van der Waals surface area contributed by atoms with Gasteiger partial charge in [0.25, 0.3) is 0 Å². The third kappa shape index (κ3) is 6.39. The number of aliphatic imine (C=N–C) groups is 1. The van der Waals surface area contributed by atoms with Gasteiger partial charge in [0.15, 0.2) is 5.96 Å². The molecule has 1 heterocycles. The van der Waals surface area contributed by atoms with Gasteiger partial charge in [-0.1, -0.05) is 48.5 Å². The van der Waals surface area contributed by atoms with Gasteiger partial charge in [-0.05, 0) is 37.0 Å². The Balaban J connectivity index is 0.00000280. The van der Waals surface area contributed by atoms with Crippen molar-refractivity contribution in [3.8, 4) is 0 Å². The van der Waals surface area contributed by atoms with E-state index in [-0.39, 0.29) is 35.9 Å². The molecule has 8 heteroatoms. The fraction of sp³-hybridized carbons (Fsp3) is 0.600. The summed E-state index contributed by atoms with van der Waals surface area (Å²) in [5.74, 6) is 1.30. The minimum atomic E-state index is 0. The second-order valence-electron chi connectivity index (χ2n) is 7.41. The van der Waals surface area contributed by atoms with Crippen molar-refractivity contribution in [2.75, 3.05) is 20.1 Å². The molecule has 0 radical (unpaired) electrons. The lowest BCUT2D eigenvalue weighted by Crippen LogP contribution is -2.45. The Hall–Kier alpha value is -0.730. The highest BCUT2D eigenvalue weighted by atomic mass is 127. The summed E-state index contributed by atoms with van der Waals surface area (Å²) in [7, 11) is 1.75. The zero-order valence-corrected chi connectivity index (χ0v) is 20.1. The van der Waals surface area contributed by atoms with E-state index in [1.54, 1.807) is 13.1 Å². The van der Waals surface area contributed by atoms with Crippen LogP contribution in [0.3, 0.4) is 0 Å². The number of carbonyl (C=O) groups excluding carboxylic acids is 1. The molecule has 5 nitrogen and oxygen atoms in total. The maximum Gasteiger partial charge on any atom is 0.225 e. The normalized spacial score (nSPS) is 20.6. The number of halogens is 3. The standard InChI is InChI=1S/C20H28Cl2N4O.HI/c1-23-20(24-12-15-7-8-16(21)11-18(15)22)25-17-9-10-26(13-17)19(27)14-5-3-2-4-6-14;/h7-8,11,14,17H,2-6,9-10,12-13H2,1H3,(H2,23,24,25);1H. The number of nitrogens with one attached hydrogen (secondary N) is 2. The molecule has 0 spiro atoms. The molecule has 1 unspecified atom stereocenters. The molecule has 2 N–H and O–H groups in total. The van der Waals surface area contributed by atoms with E-state index in [2.05, 4.69) is 15.6 Å². The molecule has 1 aliphatic carbocycles. The quantitative estimate of drug-likeness (QED) is 0.338. The van der Waals surface area contributed by atoms with Crippen LogP contribution in [0.5, 0.6) is 0 Å². The number of amides is 1. The average Bonchev–Trinajstić information content (AvgIpc) is 3.15. The summed E-state index contributed by atoms with van der Waals surface area (Å²) in [5, 5.41) is 7.98. The van der Waals surface area contributed by atoms with E-state index in [1.807, 2.05) is 17.0 Å². The smallest absolute Gasteiger partial charge is 0.225 e. The number of hydrogen-bond donors (Lipinski definition) is 2. The van der Waals surface area contributed by atoms with Gasteiger partial charge in [-0.3, -0.25) is 9.79 Å². The third-order valence-electron chi connectivity index (χ3n) is 5.48. The summed E-state index contributed by atoms with van der Waals surface area (Å²) >= 11 is 12.2. The number of likely N-dealkylation sites (tertiary alicyclic amines) is 1. The highest BCUT2D eigenvalue weighted by Gasteiger charge is 2.31. The summed E-state index contributed by atoms with van der Waals surface area (Å²) in [5.41, 5.74) is 0.963. The Morgan fingerprint density at radius 2 is 1.96 bits per heavy atom. The van der Waals surface area contributed by atoms with E-state index in [0.29, 0.717) is 22.5 Å². The van der Waals surface area contributed by atoms with Gasteiger partial charge in [-0.25, -0.2) is 0 Å². The Morgan fingerprint density at radius 3 is 2.64 bits per heavy atom. The van der Waals surface area contributed by atoms with Crippen molar-refractivity contribution in [2.45, 2.75) is 51.1 Å². The number of benzene rings is 1. The van der Waals surface area contributed by atoms with Crippen molar-refractivity contribution in [1.29, 1.82) is 0 Å². The Bertz CT molecular complexity index is 695. The number of hydrogen-bond acceptors (Lipinski definition) is 2. The summed E-state index contributed by atoms with van der Waals surface area (Å²) in [6.45, 7) is 2.14. The Kier molecular flexibility index (Phi) is 9.63. The zero-order valence-electron chi connectivity index (χ0n) is 16.2. The van der Waals surface area contributed by atoms with Crippen LogP contribution in [0, 0.1) is 5.92 Å². The number of rotatable bonds is 4. The van der Waals surface area contributed by atoms with Crippen LogP contribution in [0.4, 0.5) is 0 Å². The van der Waals surface area contributed by atoms with Crippen LogP contribution in [0.1, 0.15) is 44.1 Å². The molecule has 156 valence electrons. The molecule has 1 aromatic carbocycles. The van der Waals surface area contributed by atoms with E-state index in [0.717, 1.165) is 43.9 Å². The number of carbonyl (C=O) groups is 1. The minimum absolute atomic E-state index is 0. The predicted molar refractivity (Wildman–Crippen MR) is 127 cm³/mol. The van der Waals surface area contributed by atoms with Crippen LogP contribution >= 0.6 is 47.2 Å². The molecule has 1 atom stereocenters. The van der Waals surface area contributed by atoms with Gasteiger partial charge in [0.05, 0.1) is 0 Å². The average molecular weight is 539 g/mol. The van der Waals surface area contributed by atoms with E-state index in [1.165, 1.54) is 19.3 Å². The largest absolute Gasteiger partial charge is 0.352 e. The maximum absolute atomic E-state index is 12.7. The van der Waals surface area contributed by atoms with E-state index in [4.69, 9.17) is 23.2 Å². The Morgan fingerprint density at radius 1 is 1.21 bits per heavy atom. The van der Waals surface area contributed by atoms with Crippen molar-refractivity contribution in [3.63, 3.8) is 0 Å². The molecule has 3 rings (SSSR count). The number of nitrogens with zero attached hydrogens (tertiary/aromatic N) is 2. The van der Waals surface area contributed by atoms with Crippen LogP contribution in [-0.2, 0) is 11.3 Å². The molecular weight excluding hydrogens is 510 g/mol. The van der Waals surface area contributed by atoms with Gasteiger partial charge in [0.1, 0.15) is 0 Å². The van der Waals surface area contributed by atoms with Crippen LogP contribution < -0.4 is 10.6 Å². The van der Waals surface area contributed by atoms with Crippen molar-refractivity contribution in [3.05, 3.63) is 33.8 Å². The lowest BCUT2D eigenvalue weighted by atomic mass is 9.88. The van der Waals surface area contributed by atoms with Gasteiger partial charge < -0.3 is 15.5 Å². The molecule has 1 aliphatic heterocycles. The lowest BCUT2D eigenvalue weighted by molar-refractivity contribution is -0.135. The van der Waals surface area contributed by atoms with Crippen molar-refractivity contribution in [2.24, 2.45) is 10.9 Å². The van der Waals surface area contributed by atoms with Gasteiger partial charge in [0, 0.05) is 48.7 Å². The molecule has 2 fully saturated rings. The van der Waals surface area contributed by atoms with Gasteiger partial charge in [0.2, 0.25) is 5.91 Å². The summed E-state index contributed by atoms with van der Waals surface area (Å²) in [6.07, 6.45) is 6.71. The first-order valence-corrected chi connectivity index (χ1v) is 10.5. The Labute approximate surface area is 194 Å². The SMILES string of the molecule is CN=C(NCc1ccc(Cl)cc1Cl)NC1CCN(C(=O)C2CCCCC2)C1.I. The minimum Gasteiger partial charge on any atom is -0.352 e. The zero-order chi connectivity index (χ0) is 19.2. The van der Waals surface area contributed by atoms with E-state index in [9.17, 15) is 4.79 Å². The first-order valence-electron chi connectivity index (χ1n) is 9.76. The highest BCUT2D eigenvalue weighted by Crippen LogP contribution is 2.27. The van der Waals surface area contributed by atoms with Crippen LogP contribution in [0.15, 0.2) is 23.2 Å². The maximum atomic E-state index is 12.7. The fourth-order valence-electron chi connectivity index (χ4n) is 3.92. The molecular formula is C20H29Cl2IN4O. The van der Waals surface area contributed by atoms with E-state index < -0.39 is 0 Å². The second-order valence-corrected chi connectivity index (χ2v) is 8.25. The first kappa shape index (κ1) is 23.5. The molecule has 1 saturated carbocycles. The summed E-state index contributed by atoms with van der Waals surface area (Å²) in [4.78, 5) is 19.0. The summed E-state index contributed by atoms with van der Waals surface area (Å²) in [6, 6.07) is 5.70. The number of guanidine groups is 1. The van der Waals surface area contributed by atoms with Crippen LogP contribution in [0.2, 0.25) is 10.0 Å². The topological polar surface area (TPSA) is 56.7 Å². The lowest BCUT2D eigenvalue weighted by Gasteiger charge is -2.26. The molecule has 0 bridgehead atoms. The monoisotopic (exact) mass is 538 g/mol. The van der Waals surface area contributed by atoms with Gasteiger partial charge in [-0.15, -0.1) is 24.0 Å². The second kappa shape index (κ2) is 11.5. The molecule has 0 aromatic heterocycles. The van der Waals surface area contributed by atoms with Crippen LogP contribution in [0.25, 0.3) is 0 Å². The highest BCUT2D eigenvalue weighted by molar-refractivity contribution is 14.0. The van der Waals surface area contributed by atoms with Crippen molar-refractivity contribution >= 4 is 59.0 Å². The predicted octanol–water partition coefficient (Wildman–Crippen LogP) is 4.46. The van der Waals surface area contributed by atoms with Crippen molar-refractivity contribution in [1.82, 2.24) is 15.5 Å². The molecule has 1 amide bonds. The van der Waals surface area contributed by atoms with Gasteiger partial charge >= 0.3 is 0 Å². The molecule has 1 aromatic rings. The fourth-order valence-corrected chi connectivity index (χ4v) is 4.39. The third-order valence-corrected chi connectivity index (χ3v) is 6.07. The van der Waals surface area contributed by atoms with E-state index >= 15 is 0 Å². The molecule has 1 saturated heterocycles. The first-order chi connectivity index (χ1) is 13.1. The molecule has 2 aliphatic rings.